The van der Waals surface area contributed by atoms with Gasteiger partial charge >= 0.3 is 0 Å². The zero-order valence-electron chi connectivity index (χ0n) is 11.6. The van der Waals surface area contributed by atoms with Crippen molar-refractivity contribution >= 4 is 5.96 Å². The van der Waals surface area contributed by atoms with Crippen molar-refractivity contribution in [3.05, 3.63) is 34.6 Å². The number of hydrogen-bond acceptors (Lipinski definition) is 3. The van der Waals surface area contributed by atoms with Gasteiger partial charge in [-0.2, -0.15) is 0 Å². The van der Waals surface area contributed by atoms with E-state index in [0.717, 1.165) is 5.56 Å². The molecule has 0 amide bonds. The number of nitrogens with one attached hydrogen (secondary N) is 2. The maximum Gasteiger partial charge on any atom is 0.206 e. The van der Waals surface area contributed by atoms with Crippen LogP contribution in [-0.4, -0.2) is 26.2 Å². The number of hydrazine groups is 1. The fourth-order valence-electron chi connectivity index (χ4n) is 1.72. The van der Waals surface area contributed by atoms with Crippen molar-refractivity contribution in [2.24, 2.45) is 10.8 Å². The molecule has 0 unspecified atom stereocenters. The molecule has 0 bridgehead atoms. The van der Waals surface area contributed by atoms with Crippen LogP contribution in [0.2, 0.25) is 0 Å². The Balaban J connectivity index is 2.67. The van der Waals surface area contributed by atoms with Gasteiger partial charge in [-0.25, -0.2) is 15.2 Å². The van der Waals surface area contributed by atoms with Crippen LogP contribution in [0.3, 0.4) is 0 Å². The van der Waals surface area contributed by atoms with E-state index >= 15 is 0 Å². The highest BCUT2D eigenvalue weighted by molar-refractivity contribution is 5.79. The lowest BCUT2D eigenvalue weighted by Gasteiger charge is -2.09. The number of guanidine groups is 1. The summed E-state index contributed by atoms with van der Waals surface area (Å²) in [5.74, 6) is 5.68. The summed E-state index contributed by atoms with van der Waals surface area (Å²) in [6.07, 6.45) is 0. The Morgan fingerprint density at radius 2 is 2.00 bits per heavy atom. The van der Waals surface area contributed by atoms with E-state index in [-0.39, 0.29) is 5.82 Å². The maximum absolute atomic E-state index is 13.5. The second-order valence-electron chi connectivity index (χ2n) is 4.27. The van der Waals surface area contributed by atoms with Crippen molar-refractivity contribution in [1.82, 2.24) is 10.7 Å². The van der Waals surface area contributed by atoms with Gasteiger partial charge in [-0.05, 0) is 30.5 Å². The molecule has 1 aromatic carbocycles. The first kappa shape index (κ1) is 15.4. The number of aryl methyl sites for hydroxylation is 2. The van der Waals surface area contributed by atoms with Crippen LogP contribution in [0.1, 0.15) is 16.7 Å². The van der Waals surface area contributed by atoms with Gasteiger partial charge in [0.2, 0.25) is 5.96 Å². The standard InChI is InChI=1S/C13H21FN4O/c1-9-6-11(7-10(2)12(9)14)8-17-13(18-15)16-4-5-19-3/h6-7H,4-5,8,15H2,1-3H3,(H2,16,17,18). The summed E-state index contributed by atoms with van der Waals surface area (Å²) >= 11 is 0. The average molecular weight is 268 g/mol. The van der Waals surface area contributed by atoms with Crippen molar-refractivity contribution < 1.29 is 9.13 Å². The van der Waals surface area contributed by atoms with Crippen LogP contribution in [-0.2, 0) is 11.3 Å². The Morgan fingerprint density at radius 1 is 1.37 bits per heavy atom. The van der Waals surface area contributed by atoms with Gasteiger partial charge in [0.1, 0.15) is 5.82 Å². The molecule has 0 spiro atoms. The van der Waals surface area contributed by atoms with Crippen LogP contribution < -0.4 is 16.6 Å². The third-order valence-electron chi connectivity index (χ3n) is 2.65. The van der Waals surface area contributed by atoms with E-state index in [9.17, 15) is 4.39 Å². The molecule has 5 nitrogen and oxygen atoms in total. The van der Waals surface area contributed by atoms with Crippen LogP contribution in [0, 0.1) is 19.7 Å². The predicted octanol–water partition coefficient (Wildman–Crippen LogP) is 0.998. The minimum atomic E-state index is -0.164. The third-order valence-corrected chi connectivity index (χ3v) is 2.65. The summed E-state index contributed by atoms with van der Waals surface area (Å²) < 4.78 is 18.4. The molecule has 0 aliphatic heterocycles. The van der Waals surface area contributed by atoms with Gasteiger partial charge in [0, 0.05) is 13.7 Å². The maximum atomic E-state index is 13.5. The molecule has 6 heteroatoms. The fourth-order valence-corrected chi connectivity index (χ4v) is 1.72. The summed E-state index contributed by atoms with van der Waals surface area (Å²) in [4.78, 5) is 4.29. The zero-order valence-corrected chi connectivity index (χ0v) is 11.6. The average Bonchev–Trinajstić information content (AvgIpc) is 2.39. The number of benzene rings is 1. The van der Waals surface area contributed by atoms with Gasteiger partial charge in [0.25, 0.3) is 0 Å². The third kappa shape index (κ3) is 4.84. The van der Waals surface area contributed by atoms with E-state index in [4.69, 9.17) is 10.6 Å². The van der Waals surface area contributed by atoms with Gasteiger partial charge < -0.3 is 10.1 Å². The summed E-state index contributed by atoms with van der Waals surface area (Å²) in [7, 11) is 1.62. The molecule has 0 radical (unpaired) electrons. The van der Waals surface area contributed by atoms with Gasteiger partial charge in [-0.1, -0.05) is 12.1 Å². The lowest BCUT2D eigenvalue weighted by atomic mass is 10.1. The number of nitrogens with two attached hydrogens (primary N) is 1. The predicted molar refractivity (Wildman–Crippen MR) is 74.2 cm³/mol. The molecule has 4 N–H and O–H groups in total. The number of ether oxygens (including phenoxy) is 1. The molecule has 0 heterocycles. The molecule has 1 aromatic rings. The number of rotatable bonds is 5. The van der Waals surface area contributed by atoms with E-state index < -0.39 is 0 Å². The topological polar surface area (TPSA) is 71.7 Å². The van der Waals surface area contributed by atoms with Crippen LogP contribution in [0.4, 0.5) is 4.39 Å². The Hall–Kier alpha value is -1.66. The molecule has 0 aliphatic carbocycles. The largest absolute Gasteiger partial charge is 0.383 e. The molecule has 106 valence electrons. The molecule has 0 atom stereocenters. The minimum absolute atomic E-state index is 0.164. The van der Waals surface area contributed by atoms with E-state index in [0.29, 0.717) is 36.8 Å². The Bertz CT molecular complexity index is 425. The first-order chi connectivity index (χ1) is 9.08. The number of halogens is 1. The number of methoxy groups -OCH3 is 1. The number of hydrogen-bond donors (Lipinski definition) is 3. The summed E-state index contributed by atoms with van der Waals surface area (Å²) in [5, 5.41) is 3.00. The summed E-state index contributed by atoms with van der Waals surface area (Å²) in [6, 6.07) is 3.57. The molecule has 1 rings (SSSR count). The lowest BCUT2D eigenvalue weighted by Crippen LogP contribution is -2.42. The van der Waals surface area contributed by atoms with E-state index in [1.165, 1.54) is 0 Å². The van der Waals surface area contributed by atoms with Crippen molar-refractivity contribution in [2.75, 3.05) is 20.3 Å². The van der Waals surface area contributed by atoms with Crippen LogP contribution >= 0.6 is 0 Å². The molecule has 0 saturated heterocycles. The molecule has 19 heavy (non-hydrogen) atoms. The first-order valence-corrected chi connectivity index (χ1v) is 6.08. The normalized spacial score (nSPS) is 11.5. The van der Waals surface area contributed by atoms with E-state index in [1.54, 1.807) is 33.1 Å². The lowest BCUT2D eigenvalue weighted by molar-refractivity contribution is 0.203. The summed E-state index contributed by atoms with van der Waals surface area (Å²) in [6.45, 7) is 5.10. The van der Waals surface area contributed by atoms with Crippen LogP contribution in [0.15, 0.2) is 17.1 Å². The van der Waals surface area contributed by atoms with Crippen molar-refractivity contribution in [3.63, 3.8) is 0 Å². The molecular weight excluding hydrogens is 247 g/mol. The highest BCUT2D eigenvalue weighted by Gasteiger charge is 2.04. The van der Waals surface area contributed by atoms with Crippen molar-refractivity contribution in [3.8, 4) is 0 Å². The molecule has 0 aromatic heterocycles. The Labute approximate surface area is 113 Å². The summed E-state index contributed by atoms with van der Waals surface area (Å²) in [5.41, 5.74) is 4.67. The molecule has 0 saturated carbocycles. The SMILES string of the molecule is COCCNC(=NCc1cc(C)c(F)c(C)c1)NN. The number of aliphatic imine (C=N–C) groups is 1. The Morgan fingerprint density at radius 3 is 2.53 bits per heavy atom. The molecular formula is C13H21FN4O. The minimum Gasteiger partial charge on any atom is -0.383 e. The van der Waals surface area contributed by atoms with Crippen LogP contribution in [0.25, 0.3) is 0 Å². The fraction of sp³-hybridized carbons (Fsp3) is 0.462. The molecule has 0 fully saturated rings. The zero-order chi connectivity index (χ0) is 14.3. The van der Waals surface area contributed by atoms with Gasteiger partial charge in [0.15, 0.2) is 0 Å². The smallest absolute Gasteiger partial charge is 0.206 e. The van der Waals surface area contributed by atoms with E-state index in [2.05, 4.69) is 15.7 Å². The van der Waals surface area contributed by atoms with Gasteiger partial charge in [-0.15, -0.1) is 0 Å². The second-order valence-corrected chi connectivity index (χ2v) is 4.27. The highest BCUT2D eigenvalue weighted by Crippen LogP contribution is 2.15. The quantitative estimate of drug-likeness (QED) is 0.245. The first-order valence-electron chi connectivity index (χ1n) is 6.08. The van der Waals surface area contributed by atoms with Gasteiger partial charge in [-0.3, -0.25) is 5.43 Å². The van der Waals surface area contributed by atoms with Crippen molar-refractivity contribution in [1.29, 1.82) is 0 Å². The molecule has 0 aliphatic rings. The number of nitrogens with zero attached hydrogens (tertiary/aromatic N) is 1. The van der Waals surface area contributed by atoms with Crippen LogP contribution in [0.5, 0.6) is 0 Å². The van der Waals surface area contributed by atoms with Gasteiger partial charge in [0.05, 0.1) is 13.2 Å². The van der Waals surface area contributed by atoms with E-state index in [1.807, 2.05) is 0 Å². The Kier molecular flexibility index (Phi) is 6.24. The highest BCUT2D eigenvalue weighted by atomic mass is 19.1. The monoisotopic (exact) mass is 268 g/mol. The van der Waals surface area contributed by atoms with Crippen molar-refractivity contribution in [2.45, 2.75) is 20.4 Å². The second kappa shape index (κ2) is 7.70.